The molecule has 2 atom stereocenters. The Morgan fingerprint density at radius 1 is 1.20 bits per heavy atom. The number of carbonyl (C=O) groups excluding carboxylic acids is 2. The molecule has 2 aromatic carbocycles. The zero-order chi connectivity index (χ0) is 24.4. The van der Waals surface area contributed by atoms with Crippen LogP contribution in [-0.4, -0.2) is 51.1 Å². The van der Waals surface area contributed by atoms with E-state index in [-0.39, 0.29) is 42.0 Å². The number of hydrogen-bond donors (Lipinski definition) is 1. The summed E-state index contributed by atoms with van der Waals surface area (Å²) in [5.41, 5.74) is 2.05. The quantitative estimate of drug-likeness (QED) is 0.518. The Balaban J connectivity index is 1.39. The highest BCUT2D eigenvalue weighted by atomic mass is 32.2. The average molecular weight is 496 g/mol. The molecular formula is C25H26FN5O3S. The number of hydrogen-bond acceptors (Lipinski definition) is 6. The molecule has 3 heterocycles. The molecule has 2 amide bonds. The molecule has 182 valence electrons. The molecule has 1 saturated heterocycles. The zero-order valence-corrected chi connectivity index (χ0v) is 20.1. The van der Waals surface area contributed by atoms with Crippen molar-refractivity contribution >= 4 is 35.0 Å². The highest BCUT2D eigenvalue weighted by Crippen LogP contribution is 2.33. The molecule has 0 spiro atoms. The molecule has 1 fully saturated rings. The van der Waals surface area contributed by atoms with Gasteiger partial charge in [0.05, 0.1) is 29.8 Å². The normalized spacial score (nSPS) is 19.8. The van der Waals surface area contributed by atoms with Crippen LogP contribution in [0.2, 0.25) is 0 Å². The van der Waals surface area contributed by atoms with E-state index in [4.69, 9.17) is 4.74 Å². The molecular weight excluding hydrogens is 469 g/mol. The molecule has 2 aliphatic rings. The fraction of sp³-hybridized carbons (Fsp3) is 0.360. The van der Waals surface area contributed by atoms with Crippen molar-refractivity contribution < 1.29 is 18.7 Å². The fourth-order valence-corrected chi connectivity index (χ4v) is 5.34. The molecule has 35 heavy (non-hydrogen) atoms. The van der Waals surface area contributed by atoms with Crippen LogP contribution >= 0.6 is 11.8 Å². The van der Waals surface area contributed by atoms with Crippen LogP contribution in [0, 0.1) is 5.82 Å². The SMILES string of the molecule is CC1CC(=O)Nc2ccccc2N1C(=O)CSc1nnc(-c2ccc(F)cc2)n1CC1CCCO1. The van der Waals surface area contributed by atoms with Gasteiger partial charge in [0.1, 0.15) is 5.82 Å². The molecule has 10 heteroatoms. The number of benzene rings is 2. The Bertz CT molecular complexity index is 1230. The average Bonchev–Trinajstić information content (AvgIpc) is 3.47. The standard InChI is InChI=1S/C25H26FN5O3S/c1-16-13-22(32)27-20-6-2-3-7-21(20)31(16)23(33)15-35-25-29-28-24(17-8-10-18(26)11-9-17)30(25)14-19-5-4-12-34-19/h2-3,6-11,16,19H,4-5,12-15H2,1H3,(H,27,32). The number of carbonyl (C=O) groups is 2. The summed E-state index contributed by atoms with van der Waals surface area (Å²) < 4.78 is 21.3. The van der Waals surface area contributed by atoms with Crippen LogP contribution in [0.25, 0.3) is 11.4 Å². The van der Waals surface area contributed by atoms with E-state index >= 15 is 0 Å². The first kappa shape index (κ1) is 23.5. The van der Waals surface area contributed by atoms with Crippen molar-refractivity contribution in [2.24, 2.45) is 0 Å². The number of aromatic nitrogens is 3. The first-order chi connectivity index (χ1) is 17.0. The van der Waals surface area contributed by atoms with Crippen LogP contribution < -0.4 is 10.2 Å². The van der Waals surface area contributed by atoms with E-state index in [1.165, 1.54) is 23.9 Å². The number of para-hydroxylation sites is 2. The number of rotatable bonds is 6. The third-order valence-corrected chi connectivity index (χ3v) is 7.13. The van der Waals surface area contributed by atoms with Crippen LogP contribution in [0.3, 0.4) is 0 Å². The second kappa shape index (κ2) is 10.2. The summed E-state index contributed by atoms with van der Waals surface area (Å²) in [4.78, 5) is 27.4. The van der Waals surface area contributed by atoms with E-state index < -0.39 is 0 Å². The molecule has 1 N–H and O–H groups in total. The summed E-state index contributed by atoms with van der Waals surface area (Å²) in [7, 11) is 0. The number of fused-ring (bicyclic) bond motifs is 1. The topological polar surface area (TPSA) is 89.4 Å². The molecule has 2 unspecified atom stereocenters. The van der Waals surface area contributed by atoms with E-state index in [0.717, 1.165) is 25.0 Å². The van der Waals surface area contributed by atoms with E-state index in [1.807, 2.05) is 29.7 Å². The minimum absolute atomic E-state index is 0.0369. The number of halogens is 1. The lowest BCUT2D eigenvalue weighted by molar-refractivity contribution is -0.117. The Morgan fingerprint density at radius 3 is 2.77 bits per heavy atom. The second-order valence-corrected chi connectivity index (χ2v) is 9.67. The van der Waals surface area contributed by atoms with Crippen molar-refractivity contribution in [2.75, 3.05) is 22.6 Å². The number of nitrogens with one attached hydrogen (secondary N) is 1. The van der Waals surface area contributed by atoms with Crippen molar-refractivity contribution in [1.29, 1.82) is 0 Å². The first-order valence-electron chi connectivity index (χ1n) is 11.6. The van der Waals surface area contributed by atoms with Crippen molar-refractivity contribution in [3.63, 3.8) is 0 Å². The monoisotopic (exact) mass is 495 g/mol. The molecule has 3 aromatic rings. The Labute approximate surface area is 206 Å². The Morgan fingerprint density at radius 2 is 2.00 bits per heavy atom. The number of amides is 2. The van der Waals surface area contributed by atoms with Gasteiger partial charge in [0.15, 0.2) is 11.0 Å². The van der Waals surface area contributed by atoms with E-state index in [1.54, 1.807) is 23.1 Å². The van der Waals surface area contributed by atoms with Gasteiger partial charge < -0.3 is 15.0 Å². The summed E-state index contributed by atoms with van der Waals surface area (Å²) in [6.07, 6.45) is 2.19. The van der Waals surface area contributed by atoms with Gasteiger partial charge in [0.25, 0.3) is 0 Å². The maximum absolute atomic E-state index is 13.5. The highest BCUT2D eigenvalue weighted by Gasteiger charge is 2.30. The molecule has 0 aliphatic carbocycles. The fourth-order valence-electron chi connectivity index (χ4n) is 4.53. The van der Waals surface area contributed by atoms with Gasteiger partial charge in [0.2, 0.25) is 11.8 Å². The lowest BCUT2D eigenvalue weighted by atomic mass is 10.2. The predicted molar refractivity (Wildman–Crippen MR) is 132 cm³/mol. The van der Waals surface area contributed by atoms with Crippen LogP contribution in [0.1, 0.15) is 26.2 Å². The summed E-state index contributed by atoms with van der Waals surface area (Å²) in [5, 5.41) is 12.2. The van der Waals surface area contributed by atoms with E-state index in [2.05, 4.69) is 15.5 Å². The van der Waals surface area contributed by atoms with Gasteiger partial charge in [0, 0.05) is 24.6 Å². The lowest BCUT2D eigenvalue weighted by Gasteiger charge is -2.27. The number of nitrogens with zero attached hydrogens (tertiary/aromatic N) is 4. The van der Waals surface area contributed by atoms with Crippen molar-refractivity contribution in [3.05, 3.63) is 54.3 Å². The van der Waals surface area contributed by atoms with Crippen molar-refractivity contribution in [3.8, 4) is 11.4 Å². The minimum Gasteiger partial charge on any atom is -0.376 e. The van der Waals surface area contributed by atoms with Crippen LogP contribution in [-0.2, 0) is 20.9 Å². The number of thioether (sulfide) groups is 1. The molecule has 2 aliphatic heterocycles. The molecule has 0 radical (unpaired) electrons. The highest BCUT2D eigenvalue weighted by molar-refractivity contribution is 7.99. The number of anilines is 2. The largest absolute Gasteiger partial charge is 0.376 e. The van der Waals surface area contributed by atoms with Crippen LogP contribution in [0.5, 0.6) is 0 Å². The van der Waals surface area contributed by atoms with Gasteiger partial charge in [-0.25, -0.2) is 4.39 Å². The molecule has 5 rings (SSSR count). The van der Waals surface area contributed by atoms with Gasteiger partial charge in [-0.3, -0.25) is 14.2 Å². The summed E-state index contributed by atoms with van der Waals surface area (Å²) >= 11 is 1.30. The Hall–Kier alpha value is -3.24. The molecule has 1 aromatic heterocycles. The van der Waals surface area contributed by atoms with Crippen LogP contribution in [0.4, 0.5) is 15.8 Å². The first-order valence-corrected chi connectivity index (χ1v) is 12.6. The second-order valence-electron chi connectivity index (χ2n) is 8.73. The molecule has 8 nitrogen and oxygen atoms in total. The minimum atomic E-state index is -0.320. The smallest absolute Gasteiger partial charge is 0.237 e. The van der Waals surface area contributed by atoms with E-state index in [9.17, 15) is 14.0 Å². The van der Waals surface area contributed by atoms with Gasteiger partial charge in [-0.2, -0.15) is 0 Å². The van der Waals surface area contributed by atoms with Crippen molar-refractivity contribution in [2.45, 2.75) is 50.0 Å². The maximum Gasteiger partial charge on any atom is 0.237 e. The van der Waals surface area contributed by atoms with Gasteiger partial charge in [-0.15, -0.1) is 10.2 Å². The van der Waals surface area contributed by atoms with Gasteiger partial charge >= 0.3 is 0 Å². The zero-order valence-electron chi connectivity index (χ0n) is 19.3. The third-order valence-electron chi connectivity index (χ3n) is 6.18. The number of ether oxygens (including phenoxy) is 1. The van der Waals surface area contributed by atoms with E-state index in [0.29, 0.717) is 28.9 Å². The summed E-state index contributed by atoms with van der Waals surface area (Å²) in [6, 6.07) is 13.2. The third kappa shape index (κ3) is 5.08. The van der Waals surface area contributed by atoms with Gasteiger partial charge in [-0.1, -0.05) is 23.9 Å². The molecule has 0 saturated carbocycles. The maximum atomic E-state index is 13.5. The predicted octanol–water partition coefficient (Wildman–Crippen LogP) is 4.12. The van der Waals surface area contributed by atoms with Gasteiger partial charge in [-0.05, 0) is 56.2 Å². The Kier molecular flexibility index (Phi) is 6.83. The van der Waals surface area contributed by atoms with Crippen molar-refractivity contribution in [1.82, 2.24) is 14.8 Å². The van der Waals surface area contributed by atoms with Crippen LogP contribution in [0.15, 0.2) is 53.7 Å². The summed E-state index contributed by atoms with van der Waals surface area (Å²) in [5.74, 6) is 0.173. The lowest BCUT2D eigenvalue weighted by Crippen LogP contribution is -2.40. The molecule has 0 bridgehead atoms. The summed E-state index contributed by atoms with van der Waals surface area (Å²) in [6.45, 7) is 3.15.